The molecule has 0 saturated heterocycles. The average molecular weight is 323 g/mol. The lowest BCUT2D eigenvalue weighted by atomic mass is 9.98. The van der Waals surface area contributed by atoms with Crippen LogP contribution in [0.15, 0.2) is 18.2 Å². The number of rotatable bonds is 3. The monoisotopic (exact) mass is 322 g/mol. The fourth-order valence-corrected chi connectivity index (χ4v) is 3.49. The van der Waals surface area contributed by atoms with Crippen molar-refractivity contribution in [2.24, 2.45) is 0 Å². The average Bonchev–Trinajstić information content (AvgIpc) is 2.77. The molecule has 21 heavy (non-hydrogen) atoms. The summed E-state index contributed by atoms with van der Waals surface area (Å²) in [4.78, 5) is 6.03. The maximum absolute atomic E-state index is 6.19. The lowest BCUT2D eigenvalue weighted by Gasteiger charge is -2.17. The van der Waals surface area contributed by atoms with Crippen molar-refractivity contribution in [2.45, 2.75) is 53.0 Å². The van der Waals surface area contributed by atoms with Gasteiger partial charge in [0, 0.05) is 21.0 Å². The van der Waals surface area contributed by atoms with Crippen molar-refractivity contribution in [1.82, 2.24) is 4.98 Å². The quantitative estimate of drug-likeness (QED) is 0.762. The number of benzene rings is 1. The van der Waals surface area contributed by atoms with Gasteiger partial charge in [0.2, 0.25) is 0 Å². The van der Waals surface area contributed by atoms with Crippen LogP contribution in [0.3, 0.4) is 0 Å². The van der Waals surface area contributed by atoms with Crippen LogP contribution >= 0.6 is 22.9 Å². The molecule has 1 aromatic carbocycles. The zero-order chi connectivity index (χ0) is 15.8. The SMILES string of the molecule is Cc1nc(C(C)(C)C)sc1C(C)Nc1cccc(Cl)c1C. The summed E-state index contributed by atoms with van der Waals surface area (Å²) >= 11 is 7.99. The van der Waals surface area contributed by atoms with Gasteiger partial charge in [0.05, 0.1) is 16.7 Å². The maximum atomic E-state index is 6.19. The van der Waals surface area contributed by atoms with Crippen LogP contribution in [0.2, 0.25) is 5.02 Å². The number of nitrogens with zero attached hydrogens (tertiary/aromatic N) is 1. The number of halogens is 1. The summed E-state index contributed by atoms with van der Waals surface area (Å²) in [5, 5.41) is 5.54. The van der Waals surface area contributed by atoms with Gasteiger partial charge in [0.25, 0.3) is 0 Å². The van der Waals surface area contributed by atoms with Gasteiger partial charge in [-0.25, -0.2) is 4.98 Å². The van der Waals surface area contributed by atoms with Crippen LogP contribution in [-0.4, -0.2) is 4.98 Å². The molecule has 1 unspecified atom stereocenters. The molecule has 2 aromatic rings. The Bertz CT molecular complexity index is 641. The van der Waals surface area contributed by atoms with Crippen LogP contribution in [0.4, 0.5) is 5.69 Å². The summed E-state index contributed by atoms with van der Waals surface area (Å²) in [7, 11) is 0. The molecular weight excluding hydrogens is 300 g/mol. The molecule has 0 aliphatic rings. The number of anilines is 1. The van der Waals surface area contributed by atoms with E-state index in [0.717, 1.165) is 22.0 Å². The molecule has 0 fully saturated rings. The summed E-state index contributed by atoms with van der Waals surface area (Å²) in [5.74, 6) is 0. The van der Waals surface area contributed by atoms with E-state index in [0.29, 0.717) is 0 Å². The maximum Gasteiger partial charge on any atom is 0.0985 e. The van der Waals surface area contributed by atoms with E-state index in [1.807, 2.05) is 19.1 Å². The minimum atomic E-state index is 0.0966. The molecule has 0 aliphatic heterocycles. The second kappa shape index (κ2) is 5.98. The van der Waals surface area contributed by atoms with E-state index >= 15 is 0 Å². The van der Waals surface area contributed by atoms with Crippen LogP contribution in [-0.2, 0) is 5.41 Å². The zero-order valence-electron chi connectivity index (χ0n) is 13.5. The predicted molar refractivity (Wildman–Crippen MR) is 93.8 cm³/mol. The zero-order valence-corrected chi connectivity index (χ0v) is 15.1. The first-order chi connectivity index (χ1) is 9.70. The Hall–Kier alpha value is -1.06. The fourth-order valence-electron chi connectivity index (χ4n) is 2.19. The molecule has 1 atom stereocenters. The Morgan fingerprint density at radius 3 is 2.48 bits per heavy atom. The second-order valence-corrected chi connectivity index (χ2v) is 7.93. The molecule has 114 valence electrons. The number of aryl methyl sites for hydroxylation is 1. The highest BCUT2D eigenvalue weighted by Crippen LogP contribution is 2.34. The minimum Gasteiger partial charge on any atom is -0.377 e. The van der Waals surface area contributed by atoms with Crippen molar-refractivity contribution >= 4 is 28.6 Å². The van der Waals surface area contributed by atoms with Gasteiger partial charge < -0.3 is 5.32 Å². The molecule has 0 saturated carbocycles. The van der Waals surface area contributed by atoms with E-state index in [1.54, 1.807) is 11.3 Å². The lowest BCUT2D eigenvalue weighted by molar-refractivity contribution is 0.584. The molecule has 1 N–H and O–H groups in total. The molecular formula is C17H23ClN2S. The highest BCUT2D eigenvalue weighted by Gasteiger charge is 2.22. The third kappa shape index (κ3) is 3.58. The van der Waals surface area contributed by atoms with E-state index in [-0.39, 0.29) is 11.5 Å². The van der Waals surface area contributed by atoms with Crippen molar-refractivity contribution in [3.05, 3.63) is 44.4 Å². The first-order valence-electron chi connectivity index (χ1n) is 7.19. The Morgan fingerprint density at radius 2 is 1.90 bits per heavy atom. The summed E-state index contributed by atoms with van der Waals surface area (Å²) < 4.78 is 0. The molecule has 2 rings (SSSR count). The van der Waals surface area contributed by atoms with Gasteiger partial charge in [-0.05, 0) is 38.5 Å². The van der Waals surface area contributed by atoms with Gasteiger partial charge >= 0.3 is 0 Å². The molecule has 2 nitrogen and oxygen atoms in total. The van der Waals surface area contributed by atoms with Gasteiger partial charge in [-0.15, -0.1) is 11.3 Å². The first kappa shape index (κ1) is 16.3. The smallest absolute Gasteiger partial charge is 0.0985 e. The Morgan fingerprint density at radius 1 is 1.24 bits per heavy atom. The predicted octanol–water partition coefficient (Wildman–Crippen LogP) is 5.88. The minimum absolute atomic E-state index is 0.0966. The number of aromatic nitrogens is 1. The third-order valence-electron chi connectivity index (χ3n) is 3.51. The largest absolute Gasteiger partial charge is 0.377 e. The second-order valence-electron chi connectivity index (χ2n) is 6.50. The topological polar surface area (TPSA) is 24.9 Å². The normalized spacial score (nSPS) is 13.3. The van der Waals surface area contributed by atoms with Crippen molar-refractivity contribution in [1.29, 1.82) is 0 Å². The van der Waals surface area contributed by atoms with Crippen LogP contribution < -0.4 is 5.32 Å². The molecule has 1 heterocycles. The molecule has 4 heteroatoms. The van der Waals surface area contributed by atoms with Gasteiger partial charge in [-0.2, -0.15) is 0 Å². The molecule has 1 aromatic heterocycles. The van der Waals surface area contributed by atoms with Gasteiger partial charge in [0.15, 0.2) is 0 Å². The summed E-state index contributed by atoms with van der Waals surface area (Å²) in [6, 6.07) is 6.18. The van der Waals surface area contributed by atoms with Crippen molar-refractivity contribution in [3.8, 4) is 0 Å². The lowest BCUT2D eigenvalue weighted by Crippen LogP contribution is -2.10. The highest BCUT2D eigenvalue weighted by molar-refractivity contribution is 7.12. The van der Waals surface area contributed by atoms with Gasteiger partial charge in [-0.3, -0.25) is 0 Å². The summed E-state index contributed by atoms with van der Waals surface area (Å²) in [6.45, 7) is 12.9. The Kier molecular flexibility index (Phi) is 4.64. The van der Waals surface area contributed by atoms with Gasteiger partial charge in [0.1, 0.15) is 0 Å². The molecule has 0 radical (unpaired) electrons. The van der Waals surface area contributed by atoms with Crippen LogP contribution in [0, 0.1) is 13.8 Å². The first-order valence-corrected chi connectivity index (χ1v) is 8.39. The van der Waals surface area contributed by atoms with Crippen molar-refractivity contribution in [2.75, 3.05) is 5.32 Å². The van der Waals surface area contributed by atoms with E-state index in [1.165, 1.54) is 9.88 Å². The van der Waals surface area contributed by atoms with E-state index < -0.39 is 0 Å². The van der Waals surface area contributed by atoms with Crippen LogP contribution in [0.5, 0.6) is 0 Å². The Balaban J connectivity index is 2.27. The molecule has 0 bridgehead atoms. The molecule has 0 aliphatic carbocycles. The van der Waals surface area contributed by atoms with E-state index in [2.05, 4.69) is 46.0 Å². The van der Waals surface area contributed by atoms with E-state index in [4.69, 9.17) is 16.6 Å². The molecule has 0 spiro atoms. The summed E-state index contributed by atoms with van der Waals surface area (Å²) in [5.41, 5.74) is 3.38. The van der Waals surface area contributed by atoms with Crippen molar-refractivity contribution < 1.29 is 0 Å². The standard InChI is InChI=1S/C17H23ClN2S/c1-10-13(18)8-7-9-14(10)19-11(2)15-12(3)20-16(21-15)17(4,5)6/h7-9,11,19H,1-6H3. The highest BCUT2D eigenvalue weighted by atomic mass is 35.5. The third-order valence-corrected chi connectivity index (χ3v) is 5.68. The van der Waals surface area contributed by atoms with Crippen LogP contribution in [0.25, 0.3) is 0 Å². The van der Waals surface area contributed by atoms with Crippen LogP contribution in [0.1, 0.15) is 54.9 Å². The van der Waals surface area contributed by atoms with E-state index in [9.17, 15) is 0 Å². The van der Waals surface area contributed by atoms with Gasteiger partial charge in [-0.1, -0.05) is 38.4 Å². The summed E-state index contributed by atoms with van der Waals surface area (Å²) in [6.07, 6.45) is 0. The number of hydrogen-bond acceptors (Lipinski definition) is 3. The Labute approximate surface area is 136 Å². The number of nitrogens with one attached hydrogen (secondary N) is 1. The molecule has 0 amide bonds. The fraction of sp³-hybridized carbons (Fsp3) is 0.471. The number of thiazole rings is 1. The number of hydrogen-bond donors (Lipinski definition) is 1. The van der Waals surface area contributed by atoms with Crippen molar-refractivity contribution in [3.63, 3.8) is 0 Å².